The van der Waals surface area contributed by atoms with Crippen LogP contribution < -0.4 is 0 Å². The van der Waals surface area contributed by atoms with Crippen molar-refractivity contribution in [2.75, 3.05) is 6.26 Å². The molecule has 0 radical (unpaired) electrons. The summed E-state index contributed by atoms with van der Waals surface area (Å²) < 4.78 is 68.3. The average molecular weight is 256 g/mol. The zero-order chi connectivity index (χ0) is 11.9. The number of rotatable bonds is 2. The first-order valence-corrected chi connectivity index (χ1v) is 6.84. The quantitative estimate of drug-likeness (QED) is 0.737. The van der Waals surface area contributed by atoms with E-state index in [1.165, 1.54) is 0 Å². The highest BCUT2D eigenvalue weighted by Crippen LogP contribution is 2.20. The van der Waals surface area contributed by atoms with E-state index in [-0.39, 0.29) is 0 Å². The van der Waals surface area contributed by atoms with Gasteiger partial charge in [0.2, 0.25) is 0 Å². The predicted molar refractivity (Wildman–Crippen MR) is 47.8 cm³/mol. The summed E-state index contributed by atoms with van der Waals surface area (Å²) in [6, 6.07) is 1.68. The summed E-state index contributed by atoms with van der Waals surface area (Å²) in [6.45, 7) is 0. The third kappa shape index (κ3) is 2.72. The molecule has 0 fully saturated rings. The van der Waals surface area contributed by atoms with E-state index in [2.05, 4.69) is 0 Å². The van der Waals surface area contributed by atoms with Crippen LogP contribution in [0.5, 0.6) is 0 Å². The van der Waals surface area contributed by atoms with Crippen molar-refractivity contribution in [3.63, 3.8) is 0 Å². The van der Waals surface area contributed by atoms with Gasteiger partial charge in [0.15, 0.2) is 9.84 Å². The van der Waals surface area contributed by atoms with E-state index in [1.54, 1.807) is 0 Å². The molecule has 0 aromatic heterocycles. The van der Waals surface area contributed by atoms with Crippen molar-refractivity contribution in [3.8, 4) is 0 Å². The van der Waals surface area contributed by atoms with Crippen LogP contribution in [0.15, 0.2) is 28.0 Å². The van der Waals surface area contributed by atoms with Crippen LogP contribution in [-0.2, 0) is 20.1 Å². The molecule has 0 heterocycles. The smallest absolute Gasteiger partial charge is 0.224 e. The second kappa shape index (κ2) is 3.53. The van der Waals surface area contributed by atoms with Gasteiger partial charge in [-0.25, -0.2) is 12.8 Å². The Morgan fingerprint density at radius 1 is 1.13 bits per heavy atom. The number of benzene rings is 1. The van der Waals surface area contributed by atoms with Crippen LogP contribution >= 0.6 is 0 Å². The van der Waals surface area contributed by atoms with E-state index >= 15 is 0 Å². The van der Waals surface area contributed by atoms with E-state index in [0.717, 1.165) is 0 Å². The minimum absolute atomic E-state index is 0.444. The van der Waals surface area contributed by atoms with Gasteiger partial charge in [-0.05, 0) is 18.2 Å². The van der Waals surface area contributed by atoms with Crippen molar-refractivity contribution in [1.29, 1.82) is 0 Å². The summed E-state index contributed by atoms with van der Waals surface area (Å²) in [4.78, 5) is -1.73. The molecule has 0 N–H and O–H groups in total. The molecule has 0 spiro atoms. The van der Waals surface area contributed by atoms with Gasteiger partial charge < -0.3 is 0 Å². The van der Waals surface area contributed by atoms with E-state index in [0.29, 0.717) is 24.5 Å². The largest absolute Gasteiger partial charge is 0.332 e. The minimum atomic E-state index is -5.03. The molecule has 0 aliphatic heterocycles. The molecule has 4 nitrogen and oxygen atoms in total. The standard InChI is InChI=1S/C7H6F2O4S2/c1-14(10,11)7-4-5(15(9,12)13)2-3-6(7)8/h2-4H,1H3. The topological polar surface area (TPSA) is 68.3 Å². The molecule has 1 rings (SSSR count). The Labute approximate surface area is 85.7 Å². The lowest BCUT2D eigenvalue weighted by Crippen LogP contribution is -2.03. The Bertz CT molecular complexity index is 589. The third-order valence-electron chi connectivity index (χ3n) is 1.58. The van der Waals surface area contributed by atoms with Crippen LogP contribution in [0.2, 0.25) is 0 Å². The summed E-state index contributed by atoms with van der Waals surface area (Å²) >= 11 is 0. The van der Waals surface area contributed by atoms with Gasteiger partial charge in [-0.1, -0.05) is 0 Å². The van der Waals surface area contributed by atoms with Crippen molar-refractivity contribution < 1.29 is 25.1 Å². The Hall–Kier alpha value is -1.02. The summed E-state index contributed by atoms with van der Waals surface area (Å²) in [5.41, 5.74) is 0. The highest BCUT2D eigenvalue weighted by molar-refractivity contribution is 7.90. The fourth-order valence-electron chi connectivity index (χ4n) is 0.919. The zero-order valence-electron chi connectivity index (χ0n) is 7.44. The highest BCUT2D eigenvalue weighted by Gasteiger charge is 2.19. The second-order valence-corrected chi connectivity index (χ2v) is 6.13. The van der Waals surface area contributed by atoms with Crippen LogP contribution in [0, 0.1) is 5.82 Å². The number of hydrogen-bond acceptors (Lipinski definition) is 4. The maximum absolute atomic E-state index is 13.0. The fourth-order valence-corrected chi connectivity index (χ4v) is 2.25. The van der Waals surface area contributed by atoms with Crippen LogP contribution in [0.3, 0.4) is 0 Å². The maximum atomic E-state index is 13.0. The van der Waals surface area contributed by atoms with Crippen LogP contribution in [0.1, 0.15) is 0 Å². The average Bonchev–Trinajstić information content (AvgIpc) is 2.00. The molecular weight excluding hydrogens is 250 g/mol. The maximum Gasteiger partial charge on any atom is 0.332 e. The first-order chi connectivity index (χ1) is 6.62. The van der Waals surface area contributed by atoms with Gasteiger partial charge in [-0.3, -0.25) is 0 Å². The normalized spacial score (nSPS) is 12.7. The lowest BCUT2D eigenvalue weighted by Gasteiger charge is -2.01. The Balaban J connectivity index is 3.57. The first kappa shape index (κ1) is 12.1. The molecule has 0 aliphatic carbocycles. The van der Waals surface area contributed by atoms with Crippen molar-refractivity contribution in [3.05, 3.63) is 24.0 Å². The van der Waals surface area contributed by atoms with Crippen molar-refractivity contribution in [1.82, 2.24) is 0 Å². The van der Waals surface area contributed by atoms with Gasteiger partial charge in [0.25, 0.3) is 0 Å². The molecule has 8 heteroatoms. The molecule has 0 amide bonds. The Morgan fingerprint density at radius 3 is 2.07 bits per heavy atom. The van der Waals surface area contributed by atoms with Crippen LogP contribution in [0.4, 0.5) is 8.28 Å². The van der Waals surface area contributed by atoms with E-state index < -0.39 is 35.7 Å². The number of hydrogen-bond donors (Lipinski definition) is 0. The Morgan fingerprint density at radius 2 is 1.67 bits per heavy atom. The zero-order valence-corrected chi connectivity index (χ0v) is 9.07. The van der Waals surface area contributed by atoms with E-state index in [1.807, 2.05) is 0 Å². The van der Waals surface area contributed by atoms with Gasteiger partial charge in [-0.15, -0.1) is 3.89 Å². The minimum Gasteiger partial charge on any atom is -0.224 e. The molecule has 15 heavy (non-hydrogen) atoms. The number of sulfone groups is 1. The van der Waals surface area contributed by atoms with Gasteiger partial charge in [0.1, 0.15) is 10.7 Å². The van der Waals surface area contributed by atoms with Crippen molar-refractivity contribution in [2.45, 2.75) is 9.79 Å². The number of halogens is 2. The second-order valence-electron chi connectivity index (χ2n) is 2.80. The van der Waals surface area contributed by atoms with Crippen molar-refractivity contribution >= 4 is 20.1 Å². The summed E-state index contributed by atoms with van der Waals surface area (Å²) in [6.07, 6.45) is 0.694. The monoisotopic (exact) mass is 256 g/mol. The molecule has 0 saturated heterocycles. The lowest BCUT2D eigenvalue weighted by atomic mass is 10.3. The summed E-state index contributed by atoms with van der Waals surface area (Å²) in [7, 11) is -8.96. The summed E-state index contributed by atoms with van der Waals surface area (Å²) in [5.74, 6) is -1.12. The highest BCUT2D eigenvalue weighted by atomic mass is 32.3. The molecule has 0 aliphatic rings. The van der Waals surface area contributed by atoms with Crippen molar-refractivity contribution in [2.24, 2.45) is 0 Å². The molecule has 1 aromatic rings. The molecule has 1 aromatic carbocycles. The van der Waals surface area contributed by atoms with Crippen LogP contribution in [-0.4, -0.2) is 23.1 Å². The van der Waals surface area contributed by atoms with Gasteiger partial charge in [-0.2, -0.15) is 8.42 Å². The van der Waals surface area contributed by atoms with Gasteiger partial charge >= 0.3 is 10.2 Å². The fraction of sp³-hybridized carbons (Fsp3) is 0.143. The predicted octanol–water partition coefficient (Wildman–Crippen LogP) is 0.887. The molecular formula is C7H6F2O4S2. The first-order valence-electron chi connectivity index (χ1n) is 3.56. The molecule has 0 unspecified atom stereocenters. The Kier molecular flexibility index (Phi) is 2.83. The van der Waals surface area contributed by atoms with Gasteiger partial charge in [0.05, 0.1) is 4.90 Å². The third-order valence-corrected chi connectivity index (χ3v) is 3.51. The van der Waals surface area contributed by atoms with Gasteiger partial charge in [0, 0.05) is 6.26 Å². The SMILES string of the molecule is CS(=O)(=O)c1cc(S(=O)(=O)F)ccc1F. The lowest BCUT2D eigenvalue weighted by molar-refractivity contribution is 0.549. The van der Waals surface area contributed by atoms with E-state index in [4.69, 9.17) is 0 Å². The summed E-state index contributed by atoms with van der Waals surface area (Å²) in [5, 5.41) is 0. The van der Waals surface area contributed by atoms with Crippen LogP contribution in [0.25, 0.3) is 0 Å². The van der Waals surface area contributed by atoms with E-state index in [9.17, 15) is 25.1 Å². The molecule has 0 saturated carbocycles. The molecule has 84 valence electrons. The molecule has 0 bridgehead atoms. The molecule has 0 atom stereocenters.